The summed E-state index contributed by atoms with van der Waals surface area (Å²) in [6, 6.07) is 8.26. The van der Waals surface area contributed by atoms with Crippen molar-refractivity contribution in [3.63, 3.8) is 0 Å². The third kappa shape index (κ3) is 2.24. The molecule has 18 heavy (non-hydrogen) atoms. The van der Waals surface area contributed by atoms with E-state index in [-0.39, 0.29) is 5.91 Å². The summed E-state index contributed by atoms with van der Waals surface area (Å²) in [5, 5.41) is 6.99. The van der Waals surface area contributed by atoms with Gasteiger partial charge in [-0.05, 0) is 25.6 Å². The molecule has 0 spiro atoms. The minimum Gasteiger partial charge on any atom is -0.351 e. The summed E-state index contributed by atoms with van der Waals surface area (Å²) in [5.74, 6) is 0.0184. The maximum absolute atomic E-state index is 11.5. The molecule has 0 saturated heterocycles. The number of carbonyl (C=O) groups is 1. The number of nitrogens with one attached hydrogen (secondary N) is 2. The molecule has 1 amide bonds. The zero-order valence-corrected chi connectivity index (χ0v) is 11.1. The van der Waals surface area contributed by atoms with Crippen molar-refractivity contribution in [1.29, 1.82) is 0 Å². The van der Waals surface area contributed by atoms with Crippen molar-refractivity contribution < 1.29 is 4.79 Å². The molecule has 0 bridgehead atoms. The first-order chi connectivity index (χ1) is 8.65. The van der Waals surface area contributed by atoms with Gasteiger partial charge in [0.2, 0.25) is 5.91 Å². The number of amides is 1. The van der Waals surface area contributed by atoms with Crippen LogP contribution in [0.2, 0.25) is 0 Å². The summed E-state index contributed by atoms with van der Waals surface area (Å²) in [5.41, 5.74) is 3.59. The lowest BCUT2D eigenvalue weighted by atomic mass is 10.1. The number of benzene rings is 1. The van der Waals surface area contributed by atoms with Crippen LogP contribution in [-0.2, 0) is 18.4 Å². The molecule has 2 aromatic rings. The Morgan fingerprint density at radius 1 is 1.33 bits per heavy atom. The summed E-state index contributed by atoms with van der Waals surface area (Å²) in [6.45, 7) is 3.01. The van der Waals surface area contributed by atoms with E-state index in [0.29, 0.717) is 13.1 Å². The SMILES string of the molecule is CNCC(=O)NCc1c(C)n(C)c2ccccc12. The van der Waals surface area contributed by atoms with E-state index in [2.05, 4.69) is 41.3 Å². The fourth-order valence-corrected chi connectivity index (χ4v) is 2.23. The molecule has 96 valence electrons. The highest BCUT2D eigenvalue weighted by Gasteiger charge is 2.11. The average Bonchev–Trinajstić information content (AvgIpc) is 2.61. The van der Waals surface area contributed by atoms with Crippen LogP contribution in [0.1, 0.15) is 11.3 Å². The van der Waals surface area contributed by atoms with Gasteiger partial charge < -0.3 is 15.2 Å². The zero-order chi connectivity index (χ0) is 13.1. The van der Waals surface area contributed by atoms with E-state index in [9.17, 15) is 4.79 Å². The third-order valence-electron chi connectivity index (χ3n) is 3.33. The van der Waals surface area contributed by atoms with Crippen LogP contribution in [0.3, 0.4) is 0 Å². The Bertz CT molecular complexity index is 572. The second-order valence-corrected chi connectivity index (χ2v) is 4.45. The Balaban J connectivity index is 2.28. The molecule has 1 heterocycles. The Labute approximate surface area is 107 Å². The summed E-state index contributed by atoms with van der Waals surface area (Å²) < 4.78 is 2.16. The van der Waals surface area contributed by atoms with E-state index >= 15 is 0 Å². The number of aromatic nitrogens is 1. The molecule has 4 nitrogen and oxygen atoms in total. The molecule has 2 rings (SSSR count). The normalized spacial score (nSPS) is 10.8. The van der Waals surface area contributed by atoms with Crippen molar-refractivity contribution in [3.05, 3.63) is 35.5 Å². The number of para-hydroxylation sites is 1. The largest absolute Gasteiger partial charge is 0.351 e. The molecular weight excluding hydrogens is 226 g/mol. The highest BCUT2D eigenvalue weighted by molar-refractivity contribution is 5.86. The van der Waals surface area contributed by atoms with Gasteiger partial charge in [0, 0.05) is 30.2 Å². The van der Waals surface area contributed by atoms with Gasteiger partial charge >= 0.3 is 0 Å². The van der Waals surface area contributed by atoms with Crippen LogP contribution < -0.4 is 10.6 Å². The van der Waals surface area contributed by atoms with E-state index in [1.165, 1.54) is 22.2 Å². The minimum atomic E-state index is 0.0184. The molecule has 0 fully saturated rings. The Morgan fingerprint density at radius 2 is 2.06 bits per heavy atom. The fraction of sp³-hybridized carbons (Fsp3) is 0.357. The molecule has 2 N–H and O–H groups in total. The number of aryl methyl sites for hydroxylation is 1. The quantitative estimate of drug-likeness (QED) is 0.853. The van der Waals surface area contributed by atoms with Crippen molar-refractivity contribution in [3.8, 4) is 0 Å². The minimum absolute atomic E-state index is 0.0184. The predicted octanol–water partition coefficient (Wildman–Crippen LogP) is 1.32. The lowest BCUT2D eigenvalue weighted by Gasteiger charge is -2.05. The highest BCUT2D eigenvalue weighted by atomic mass is 16.1. The van der Waals surface area contributed by atoms with Gasteiger partial charge in [-0.2, -0.15) is 0 Å². The smallest absolute Gasteiger partial charge is 0.234 e. The molecule has 0 aliphatic heterocycles. The van der Waals surface area contributed by atoms with Crippen LogP contribution in [0.5, 0.6) is 0 Å². The molecular formula is C14H19N3O. The third-order valence-corrected chi connectivity index (χ3v) is 3.33. The van der Waals surface area contributed by atoms with E-state index in [4.69, 9.17) is 0 Å². The van der Waals surface area contributed by atoms with Crippen LogP contribution in [-0.4, -0.2) is 24.1 Å². The monoisotopic (exact) mass is 245 g/mol. The van der Waals surface area contributed by atoms with E-state index in [1.807, 2.05) is 12.1 Å². The standard InChI is InChI=1S/C14H19N3O/c1-10-12(8-16-14(18)9-15-2)11-6-4-5-7-13(11)17(10)3/h4-7,15H,8-9H2,1-3H3,(H,16,18). The van der Waals surface area contributed by atoms with Crippen molar-refractivity contribution in [2.45, 2.75) is 13.5 Å². The summed E-state index contributed by atoms with van der Waals surface area (Å²) in [4.78, 5) is 11.5. The maximum Gasteiger partial charge on any atom is 0.234 e. The number of hydrogen-bond donors (Lipinski definition) is 2. The molecule has 1 aromatic carbocycles. The number of likely N-dealkylation sites (N-methyl/N-ethyl adjacent to an activating group) is 1. The van der Waals surface area contributed by atoms with Crippen LogP contribution in [0.15, 0.2) is 24.3 Å². The van der Waals surface area contributed by atoms with E-state index in [1.54, 1.807) is 7.05 Å². The molecule has 0 saturated carbocycles. The zero-order valence-electron chi connectivity index (χ0n) is 11.1. The number of hydrogen-bond acceptors (Lipinski definition) is 2. The first kappa shape index (κ1) is 12.6. The summed E-state index contributed by atoms with van der Waals surface area (Å²) in [6.07, 6.45) is 0. The maximum atomic E-state index is 11.5. The van der Waals surface area contributed by atoms with Crippen LogP contribution >= 0.6 is 0 Å². The van der Waals surface area contributed by atoms with Crippen molar-refractivity contribution in [2.75, 3.05) is 13.6 Å². The second kappa shape index (κ2) is 5.23. The van der Waals surface area contributed by atoms with Crippen LogP contribution in [0, 0.1) is 6.92 Å². The van der Waals surface area contributed by atoms with Gasteiger partial charge in [0.15, 0.2) is 0 Å². The van der Waals surface area contributed by atoms with Gasteiger partial charge in [0.25, 0.3) is 0 Å². The van der Waals surface area contributed by atoms with Gasteiger partial charge in [-0.25, -0.2) is 0 Å². The molecule has 0 radical (unpaired) electrons. The number of carbonyl (C=O) groups excluding carboxylic acids is 1. The average molecular weight is 245 g/mol. The first-order valence-electron chi connectivity index (χ1n) is 6.09. The number of rotatable bonds is 4. The second-order valence-electron chi connectivity index (χ2n) is 4.45. The van der Waals surface area contributed by atoms with Gasteiger partial charge in [-0.1, -0.05) is 18.2 Å². The van der Waals surface area contributed by atoms with Gasteiger partial charge in [-0.3, -0.25) is 4.79 Å². The lowest BCUT2D eigenvalue weighted by Crippen LogP contribution is -2.31. The Kier molecular flexibility index (Phi) is 3.67. The van der Waals surface area contributed by atoms with E-state index < -0.39 is 0 Å². The van der Waals surface area contributed by atoms with Gasteiger partial charge in [0.1, 0.15) is 0 Å². The van der Waals surface area contributed by atoms with Crippen molar-refractivity contribution in [2.24, 2.45) is 7.05 Å². The molecule has 0 unspecified atom stereocenters. The van der Waals surface area contributed by atoms with Crippen molar-refractivity contribution >= 4 is 16.8 Å². The number of nitrogens with zero attached hydrogens (tertiary/aromatic N) is 1. The Morgan fingerprint density at radius 3 is 2.78 bits per heavy atom. The van der Waals surface area contributed by atoms with Crippen molar-refractivity contribution in [1.82, 2.24) is 15.2 Å². The molecule has 4 heteroatoms. The Hall–Kier alpha value is -1.81. The highest BCUT2D eigenvalue weighted by Crippen LogP contribution is 2.24. The molecule has 0 atom stereocenters. The topological polar surface area (TPSA) is 46.1 Å². The van der Waals surface area contributed by atoms with E-state index in [0.717, 1.165) is 0 Å². The van der Waals surface area contributed by atoms with Crippen LogP contribution in [0.25, 0.3) is 10.9 Å². The first-order valence-corrected chi connectivity index (χ1v) is 6.09. The van der Waals surface area contributed by atoms with Gasteiger partial charge in [0.05, 0.1) is 6.54 Å². The summed E-state index contributed by atoms with van der Waals surface area (Å²) >= 11 is 0. The predicted molar refractivity (Wildman–Crippen MR) is 73.4 cm³/mol. The molecule has 1 aromatic heterocycles. The molecule has 0 aliphatic rings. The lowest BCUT2D eigenvalue weighted by molar-refractivity contribution is -0.120. The van der Waals surface area contributed by atoms with Gasteiger partial charge in [-0.15, -0.1) is 0 Å². The fourth-order valence-electron chi connectivity index (χ4n) is 2.23. The van der Waals surface area contributed by atoms with Crippen LogP contribution in [0.4, 0.5) is 0 Å². The molecule has 0 aliphatic carbocycles. The summed E-state index contributed by atoms with van der Waals surface area (Å²) in [7, 11) is 3.82. The number of fused-ring (bicyclic) bond motifs is 1.